The molecule has 0 radical (unpaired) electrons. The number of fused-ring (bicyclic) bond motifs is 2. The summed E-state index contributed by atoms with van der Waals surface area (Å²) in [5, 5.41) is 11.6. The van der Waals surface area contributed by atoms with E-state index in [2.05, 4.69) is 25.5 Å². The highest BCUT2D eigenvalue weighted by molar-refractivity contribution is 7.15. The van der Waals surface area contributed by atoms with Crippen LogP contribution in [-0.4, -0.2) is 36.7 Å². The Bertz CT molecular complexity index is 1450. The van der Waals surface area contributed by atoms with Crippen molar-refractivity contribution in [1.82, 2.24) is 35.5 Å². The molecule has 0 aromatic carbocycles. The number of thiazole rings is 1. The van der Waals surface area contributed by atoms with Crippen molar-refractivity contribution in [1.29, 1.82) is 0 Å². The Kier molecular flexibility index (Phi) is 4.51. The summed E-state index contributed by atoms with van der Waals surface area (Å²) >= 11 is 1.71. The number of aromatic nitrogens is 6. The second kappa shape index (κ2) is 7.54. The molecule has 0 fully saturated rings. The zero-order valence-electron chi connectivity index (χ0n) is 17.2. The van der Waals surface area contributed by atoms with Crippen molar-refractivity contribution >= 4 is 22.4 Å². The van der Waals surface area contributed by atoms with Gasteiger partial charge < -0.3 is 5.32 Å². The van der Waals surface area contributed by atoms with Gasteiger partial charge in [-0.2, -0.15) is 5.10 Å². The third-order valence-electron chi connectivity index (χ3n) is 5.57. The molecule has 1 aliphatic rings. The van der Waals surface area contributed by atoms with Crippen LogP contribution in [0.2, 0.25) is 0 Å². The van der Waals surface area contributed by atoms with E-state index >= 15 is 0 Å². The van der Waals surface area contributed by atoms with E-state index in [4.69, 9.17) is 9.97 Å². The number of nitrogens with one attached hydrogen (secondary N) is 2. The standard InChI is InChI=1S/C23H18FN7S/c1-12-15(24)2-3-19(28-12)22-14(10-27-31-22)16-4-5-17-20(29-16)8-13(9-26-17)23-30-18-6-7-25-11-21(18)32-23/h2-5,8-10,25H,6-7,11H2,1H3,(H,27,31). The molecule has 0 atom stereocenters. The maximum Gasteiger partial charge on any atom is 0.144 e. The topological polar surface area (TPSA) is 92.3 Å². The van der Waals surface area contributed by atoms with Crippen molar-refractivity contribution in [2.45, 2.75) is 19.9 Å². The molecule has 5 aromatic rings. The van der Waals surface area contributed by atoms with Gasteiger partial charge in [-0.1, -0.05) is 0 Å². The fourth-order valence-electron chi connectivity index (χ4n) is 3.88. The summed E-state index contributed by atoms with van der Waals surface area (Å²) in [5.41, 5.74) is 6.82. The fourth-order valence-corrected chi connectivity index (χ4v) is 4.94. The SMILES string of the molecule is Cc1nc(-c2n[nH]cc2-c2ccc3ncc(-c4nc5c(s4)CNCC5)cc3n2)ccc1F. The summed E-state index contributed by atoms with van der Waals surface area (Å²) < 4.78 is 13.7. The van der Waals surface area contributed by atoms with Crippen LogP contribution in [0.25, 0.3) is 44.2 Å². The average molecular weight is 444 g/mol. The third kappa shape index (κ3) is 3.26. The van der Waals surface area contributed by atoms with Gasteiger partial charge in [0.25, 0.3) is 0 Å². The van der Waals surface area contributed by atoms with Gasteiger partial charge in [-0.3, -0.25) is 10.1 Å². The molecule has 6 heterocycles. The molecule has 1 aliphatic heterocycles. The summed E-state index contributed by atoms with van der Waals surface area (Å²) in [5.74, 6) is -0.340. The largest absolute Gasteiger partial charge is 0.311 e. The molecule has 0 saturated heterocycles. The van der Waals surface area contributed by atoms with Crippen molar-refractivity contribution < 1.29 is 4.39 Å². The van der Waals surface area contributed by atoms with E-state index in [1.807, 2.05) is 24.4 Å². The first-order chi connectivity index (χ1) is 15.7. The van der Waals surface area contributed by atoms with Gasteiger partial charge in [0.15, 0.2) is 0 Å². The lowest BCUT2D eigenvalue weighted by atomic mass is 10.1. The predicted octanol–water partition coefficient (Wildman–Crippen LogP) is 4.30. The summed E-state index contributed by atoms with van der Waals surface area (Å²) in [6, 6.07) is 8.92. The van der Waals surface area contributed by atoms with Gasteiger partial charge in [-0.15, -0.1) is 11.3 Å². The van der Waals surface area contributed by atoms with Crippen molar-refractivity contribution in [2.24, 2.45) is 0 Å². The molecule has 32 heavy (non-hydrogen) atoms. The third-order valence-corrected chi connectivity index (χ3v) is 6.71. The maximum absolute atomic E-state index is 13.7. The molecule has 0 aliphatic carbocycles. The van der Waals surface area contributed by atoms with Gasteiger partial charge in [-0.25, -0.2) is 19.3 Å². The zero-order valence-corrected chi connectivity index (χ0v) is 18.0. The first-order valence-electron chi connectivity index (χ1n) is 10.3. The Balaban J connectivity index is 1.42. The Labute approximate surface area is 186 Å². The molecular weight excluding hydrogens is 425 g/mol. The van der Waals surface area contributed by atoms with E-state index in [0.717, 1.165) is 52.4 Å². The average Bonchev–Trinajstić information content (AvgIpc) is 3.47. The Morgan fingerprint density at radius 2 is 1.94 bits per heavy atom. The van der Waals surface area contributed by atoms with E-state index < -0.39 is 0 Å². The highest BCUT2D eigenvalue weighted by atomic mass is 32.1. The molecule has 6 rings (SSSR count). The van der Waals surface area contributed by atoms with E-state index in [0.29, 0.717) is 17.1 Å². The highest BCUT2D eigenvalue weighted by Gasteiger charge is 2.18. The molecule has 0 saturated carbocycles. The van der Waals surface area contributed by atoms with Crippen molar-refractivity contribution in [3.8, 4) is 33.2 Å². The number of hydrogen-bond donors (Lipinski definition) is 2. The van der Waals surface area contributed by atoms with Gasteiger partial charge in [0.2, 0.25) is 0 Å². The normalized spacial score (nSPS) is 13.4. The van der Waals surface area contributed by atoms with E-state index in [9.17, 15) is 4.39 Å². The van der Waals surface area contributed by atoms with Crippen molar-refractivity contribution in [3.05, 3.63) is 64.8 Å². The first-order valence-corrected chi connectivity index (χ1v) is 11.1. The zero-order chi connectivity index (χ0) is 21.7. The Hall–Kier alpha value is -3.56. The summed E-state index contributed by atoms with van der Waals surface area (Å²) in [4.78, 5) is 19.9. The lowest BCUT2D eigenvalue weighted by Crippen LogP contribution is -2.22. The number of hydrogen-bond acceptors (Lipinski definition) is 7. The molecule has 7 nitrogen and oxygen atoms in total. The fraction of sp³-hybridized carbons (Fsp3) is 0.174. The number of halogens is 1. The van der Waals surface area contributed by atoms with Crippen LogP contribution in [0.1, 0.15) is 16.3 Å². The van der Waals surface area contributed by atoms with Crippen LogP contribution >= 0.6 is 11.3 Å². The van der Waals surface area contributed by atoms with Gasteiger partial charge >= 0.3 is 0 Å². The molecule has 0 spiro atoms. The number of H-pyrrole nitrogens is 1. The van der Waals surface area contributed by atoms with Crippen LogP contribution in [-0.2, 0) is 13.0 Å². The lowest BCUT2D eigenvalue weighted by molar-refractivity contribution is 0.610. The number of aryl methyl sites for hydroxylation is 1. The Morgan fingerprint density at radius 1 is 1.03 bits per heavy atom. The number of aromatic amines is 1. The van der Waals surface area contributed by atoms with Gasteiger partial charge in [0, 0.05) is 47.9 Å². The summed E-state index contributed by atoms with van der Waals surface area (Å²) in [7, 11) is 0. The summed E-state index contributed by atoms with van der Waals surface area (Å²) in [6.07, 6.45) is 4.59. The van der Waals surface area contributed by atoms with Gasteiger partial charge in [0.1, 0.15) is 16.5 Å². The minimum absolute atomic E-state index is 0.332. The number of nitrogens with zero attached hydrogens (tertiary/aromatic N) is 5. The van der Waals surface area contributed by atoms with Gasteiger partial charge in [0.05, 0.1) is 33.8 Å². The van der Waals surface area contributed by atoms with Crippen LogP contribution in [0.4, 0.5) is 4.39 Å². The quantitative estimate of drug-likeness (QED) is 0.432. The van der Waals surface area contributed by atoms with Crippen LogP contribution in [0.5, 0.6) is 0 Å². The molecule has 9 heteroatoms. The minimum Gasteiger partial charge on any atom is -0.311 e. The monoisotopic (exact) mass is 443 g/mol. The molecule has 0 bridgehead atoms. The second-order valence-electron chi connectivity index (χ2n) is 7.69. The molecule has 5 aromatic heterocycles. The van der Waals surface area contributed by atoms with E-state index in [-0.39, 0.29) is 5.82 Å². The molecule has 158 valence electrons. The van der Waals surface area contributed by atoms with Crippen LogP contribution in [0.15, 0.2) is 42.7 Å². The summed E-state index contributed by atoms with van der Waals surface area (Å²) in [6.45, 7) is 3.47. The van der Waals surface area contributed by atoms with E-state index in [1.165, 1.54) is 16.6 Å². The van der Waals surface area contributed by atoms with Crippen LogP contribution in [0, 0.1) is 12.7 Å². The van der Waals surface area contributed by atoms with Crippen molar-refractivity contribution in [2.75, 3.05) is 6.54 Å². The lowest BCUT2D eigenvalue weighted by Gasteiger charge is -2.09. The van der Waals surface area contributed by atoms with Crippen LogP contribution < -0.4 is 5.32 Å². The Morgan fingerprint density at radius 3 is 2.81 bits per heavy atom. The smallest absolute Gasteiger partial charge is 0.144 e. The molecule has 0 unspecified atom stereocenters. The van der Waals surface area contributed by atoms with Crippen LogP contribution in [0.3, 0.4) is 0 Å². The maximum atomic E-state index is 13.7. The van der Waals surface area contributed by atoms with Gasteiger partial charge in [-0.05, 0) is 37.3 Å². The first kappa shape index (κ1) is 19.1. The van der Waals surface area contributed by atoms with E-state index in [1.54, 1.807) is 30.5 Å². The second-order valence-corrected chi connectivity index (χ2v) is 8.77. The predicted molar refractivity (Wildman–Crippen MR) is 122 cm³/mol. The highest BCUT2D eigenvalue weighted by Crippen LogP contribution is 2.32. The number of rotatable bonds is 3. The minimum atomic E-state index is -0.340. The molecular formula is C23H18FN7S. The molecule has 2 N–H and O–H groups in total. The van der Waals surface area contributed by atoms with Crippen molar-refractivity contribution in [3.63, 3.8) is 0 Å². The molecule has 0 amide bonds. The number of pyridine rings is 3.